The van der Waals surface area contributed by atoms with Gasteiger partial charge in [-0.15, -0.1) is 11.3 Å². The summed E-state index contributed by atoms with van der Waals surface area (Å²) in [6, 6.07) is 9.39. The van der Waals surface area contributed by atoms with Crippen LogP contribution in [0, 0.1) is 0 Å². The summed E-state index contributed by atoms with van der Waals surface area (Å²) in [5.74, 6) is 0. The molecular weight excluding hydrogens is 297 g/mol. The van der Waals surface area contributed by atoms with Crippen molar-refractivity contribution in [1.29, 1.82) is 0 Å². The summed E-state index contributed by atoms with van der Waals surface area (Å²) in [7, 11) is 0. The van der Waals surface area contributed by atoms with E-state index in [-0.39, 0.29) is 6.04 Å². The largest absolute Gasteiger partial charge is 0.376 e. The van der Waals surface area contributed by atoms with E-state index in [4.69, 9.17) is 34.8 Å². The van der Waals surface area contributed by atoms with Crippen molar-refractivity contribution in [2.45, 2.75) is 13.0 Å². The van der Waals surface area contributed by atoms with Crippen molar-refractivity contribution in [3.05, 3.63) is 49.6 Å². The molecule has 1 nitrogen and oxygen atoms in total. The molecule has 0 spiro atoms. The minimum atomic E-state index is 0.142. The van der Waals surface area contributed by atoms with E-state index in [1.807, 2.05) is 18.2 Å². The second-order valence-electron chi connectivity index (χ2n) is 3.63. The summed E-state index contributed by atoms with van der Waals surface area (Å²) in [6.45, 7) is 2.05. The van der Waals surface area contributed by atoms with Crippen LogP contribution in [-0.2, 0) is 0 Å². The zero-order valence-electron chi connectivity index (χ0n) is 9.01. The molecule has 0 aliphatic heterocycles. The molecular formula is C12H10Cl3NS. The molecule has 1 aromatic heterocycles. The molecule has 0 aliphatic rings. The van der Waals surface area contributed by atoms with Crippen LogP contribution in [0.2, 0.25) is 14.4 Å². The van der Waals surface area contributed by atoms with E-state index in [1.165, 1.54) is 0 Å². The van der Waals surface area contributed by atoms with Crippen LogP contribution in [0.25, 0.3) is 0 Å². The molecule has 0 saturated heterocycles. The number of anilines is 1. The van der Waals surface area contributed by atoms with Crippen molar-refractivity contribution in [1.82, 2.24) is 0 Å². The molecule has 0 amide bonds. The molecule has 5 heteroatoms. The minimum absolute atomic E-state index is 0.142. The molecule has 0 saturated carbocycles. The van der Waals surface area contributed by atoms with Gasteiger partial charge in [-0.1, -0.05) is 34.8 Å². The van der Waals surface area contributed by atoms with Gasteiger partial charge in [-0.25, -0.2) is 0 Å². The summed E-state index contributed by atoms with van der Waals surface area (Å²) in [6.07, 6.45) is 0. The van der Waals surface area contributed by atoms with E-state index < -0.39 is 0 Å². The van der Waals surface area contributed by atoms with Crippen LogP contribution < -0.4 is 5.32 Å². The molecule has 0 bridgehead atoms. The van der Waals surface area contributed by atoms with Crippen LogP contribution in [-0.4, -0.2) is 0 Å². The van der Waals surface area contributed by atoms with E-state index in [0.29, 0.717) is 10.0 Å². The van der Waals surface area contributed by atoms with Crippen molar-refractivity contribution in [2.24, 2.45) is 0 Å². The third-order valence-electron chi connectivity index (χ3n) is 2.32. The molecule has 1 unspecified atom stereocenters. The highest BCUT2D eigenvalue weighted by Gasteiger charge is 2.10. The SMILES string of the molecule is CC(Nc1cc(Cl)ccc1Cl)c1ccc(Cl)s1. The lowest BCUT2D eigenvalue weighted by atomic mass is 10.2. The maximum Gasteiger partial charge on any atom is 0.0932 e. The first-order valence-corrected chi connectivity index (χ1v) is 6.98. The number of nitrogens with one attached hydrogen (secondary N) is 1. The molecule has 1 aromatic carbocycles. The number of thiophene rings is 1. The Bertz CT molecular complexity index is 524. The highest BCUT2D eigenvalue weighted by molar-refractivity contribution is 7.16. The van der Waals surface area contributed by atoms with Crippen LogP contribution >= 0.6 is 46.1 Å². The van der Waals surface area contributed by atoms with Gasteiger partial charge in [0.05, 0.1) is 21.1 Å². The fourth-order valence-corrected chi connectivity index (χ4v) is 2.88. The summed E-state index contributed by atoms with van der Waals surface area (Å²) in [5, 5.41) is 4.63. The Balaban J connectivity index is 2.18. The topological polar surface area (TPSA) is 12.0 Å². The molecule has 1 atom stereocenters. The molecule has 1 N–H and O–H groups in total. The van der Waals surface area contributed by atoms with Gasteiger partial charge in [0.15, 0.2) is 0 Å². The Morgan fingerprint density at radius 1 is 1.12 bits per heavy atom. The van der Waals surface area contributed by atoms with Crippen LogP contribution in [0.3, 0.4) is 0 Å². The zero-order valence-corrected chi connectivity index (χ0v) is 12.1. The second-order valence-corrected chi connectivity index (χ2v) is 6.22. The maximum atomic E-state index is 6.09. The first-order valence-electron chi connectivity index (χ1n) is 5.03. The second kappa shape index (κ2) is 5.49. The van der Waals surface area contributed by atoms with Gasteiger partial charge in [0.2, 0.25) is 0 Å². The molecule has 17 heavy (non-hydrogen) atoms. The summed E-state index contributed by atoms with van der Waals surface area (Å²) < 4.78 is 0.783. The van der Waals surface area contributed by atoms with Crippen LogP contribution in [0.4, 0.5) is 5.69 Å². The quantitative estimate of drug-likeness (QED) is 0.746. The highest BCUT2D eigenvalue weighted by Crippen LogP contribution is 2.32. The fourth-order valence-electron chi connectivity index (χ4n) is 1.47. The molecule has 2 rings (SSSR count). The minimum Gasteiger partial charge on any atom is -0.376 e. The Labute approximate surface area is 119 Å². The third kappa shape index (κ3) is 3.29. The number of halogens is 3. The number of rotatable bonds is 3. The first-order chi connectivity index (χ1) is 8.06. The lowest BCUT2D eigenvalue weighted by Gasteiger charge is -2.15. The summed E-state index contributed by atoms with van der Waals surface area (Å²) in [5.41, 5.74) is 0.830. The summed E-state index contributed by atoms with van der Waals surface area (Å²) in [4.78, 5) is 1.16. The van der Waals surface area contributed by atoms with Crippen LogP contribution in [0.1, 0.15) is 17.8 Å². The molecule has 1 heterocycles. The van der Waals surface area contributed by atoms with Crippen LogP contribution in [0.5, 0.6) is 0 Å². The van der Waals surface area contributed by atoms with Gasteiger partial charge < -0.3 is 5.32 Å². The fraction of sp³-hybridized carbons (Fsp3) is 0.167. The maximum absolute atomic E-state index is 6.09. The predicted molar refractivity (Wildman–Crippen MR) is 77.8 cm³/mol. The molecule has 0 fully saturated rings. The van der Waals surface area contributed by atoms with E-state index in [0.717, 1.165) is 14.9 Å². The lowest BCUT2D eigenvalue weighted by Crippen LogP contribution is -2.05. The average molecular weight is 307 g/mol. The standard InChI is InChI=1S/C12H10Cl3NS/c1-7(11-4-5-12(15)17-11)16-10-6-8(13)2-3-9(10)14/h2-7,16H,1H3. The van der Waals surface area contributed by atoms with Crippen molar-refractivity contribution in [3.8, 4) is 0 Å². The third-order valence-corrected chi connectivity index (χ3v) is 4.30. The first kappa shape index (κ1) is 13.0. The van der Waals surface area contributed by atoms with E-state index in [1.54, 1.807) is 23.5 Å². The Kier molecular flexibility index (Phi) is 4.21. The monoisotopic (exact) mass is 305 g/mol. The summed E-state index contributed by atoms with van der Waals surface area (Å²) >= 11 is 19.5. The van der Waals surface area contributed by atoms with Gasteiger partial charge in [-0.05, 0) is 37.3 Å². The molecule has 0 radical (unpaired) electrons. The number of hydrogen-bond donors (Lipinski definition) is 1. The Morgan fingerprint density at radius 2 is 1.88 bits per heavy atom. The predicted octanol–water partition coefficient (Wildman–Crippen LogP) is 5.88. The Hall–Kier alpha value is -0.410. The van der Waals surface area contributed by atoms with Gasteiger partial charge in [0, 0.05) is 9.90 Å². The smallest absolute Gasteiger partial charge is 0.0932 e. The van der Waals surface area contributed by atoms with E-state index in [9.17, 15) is 0 Å². The Morgan fingerprint density at radius 3 is 2.53 bits per heavy atom. The molecule has 2 aromatic rings. The van der Waals surface area contributed by atoms with E-state index >= 15 is 0 Å². The molecule has 90 valence electrons. The number of hydrogen-bond acceptors (Lipinski definition) is 2. The normalized spacial score (nSPS) is 12.5. The van der Waals surface area contributed by atoms with Crippen molar-refractivity contribution < 1.29 is 0 Å². The van der Waals surface area contributed by atoms with Gasteiger partial charge >= 0.3 is 0 Å². The van der Waals surface area contributed by atoms with Gasteiger partial charge in [0.1, 0.15) is 0 Å². The van der Waals surface area contributed by atoms with Crippen molar-refractivity contribution in [3.63, 3.8) is 0 Å². The van der Waals surface area contributed by atoms with Crippen molar-refractivity contribution >= 4 is 51.8 Å². The van der Waals surface area contributed by atoms with Gasteiger partial charge in [-0.3, -0.25) is 0 Å². The average Bonchev–Trinajstić information content (AvgIpc) is 2.70. The number of benzene rings is 1. The highest BCUT2D eigenvalue weighted by atomic mass is 35.5. The molecule has 0 aliphatic carbocycles. The van der Waals surface area contributed by atoms with Crippen molar-refractivity contribution in [2.75, 3.05) is 5.32 Å². The van der Waals surface area contributed by atoms with Crippen LogP contribution in [0.15, 0.2) is 30.3 Å². The lowest BCUT2D eigenvalue weighted by molar-refractivity contribution is 0.908. The van der Waals surface area contributed by atoms with Gasteiger partial charge in [-0.2, -0.15) is 0 Å². The van der Waals surface area contributed by atoms with Gasteiger partial charge in [0.25, 0.3) is 0 Å². The zero-order chi connectivity index (χ0) is 12.4. The van der Waals surface area contributed by atoms with E-state index in [2.05, 4.69) is 12.2 Å².